The number of carboxylic acids is 1. The van der Waals surface area contributed by atoms with Crippen LogP contribution in [-0.4, -0.2) is 236 Å². The van der Waals surface area contributed by atoms with Crippen LogP contribution >= 0.6 is 0 Å². The second-order valence-electron chi connectivity index (χ2n) is 24.0. The van der Waals surface area contributed by atoms with Gasteiger partial charge < -0.3 is 138 Å². The minimum Gasteiger partial charge on any atom is -0.480 e. The number of amides is 10. The maximum absolute atomic E-state index is 14.6. The number of carboxylic acid groups (broad SMARTS) is 1. The summed E-state index contributed by atoms with van der Waals surface area (Å²) in [6.07, 6.45) is 2.72. The normalized spacial score (nSPS) is 15.1. The van der Waals surface area contributed by atoms with Gasteiger partial charge in [0.25, 0.3) is 0 Å². The van der Waals surface area contributed by atoms with Crippen LogP contribution in [0.25, 0.3) is 0 Å². The van der Waals surface area contributed by atoms with Crippen LogP contribution in [0.1, 0.15) is 148 Å². The maximum Gasteiger partial charge on any atom is 0.322 e. The molecule has 0 bridgehead atoms. The molecular weight excluding hydrogens is 1310 g/mol. The smallest absolute Gasteiger partial charge is 0.322 e. The van der Waals surface area contributed by atoms with E-state index in [2.05, 4.69) is 72.8 Å². The molecule has 0 aromatic carbocycles. The molecule has 0 aliphatic carbocycles. The molecule has 37 N–H and O–H groups in total. The number of aliphatic hydroxyl groups is 1. The summed E-state index contributed by atoms with van der Waals surface area (Å²) >= 11 is 0. The first-order chi connectivity index (χ1) is 47.4. The van der Waals surface area contributed by atoms with Gasteiger partial charge in [0.05, 0.1) is 6.10 Å². The topological polar surface area (TPSA) is 740 Å². The van der Waals surface area contributed by atoms with Gasteiger partial charge >= 0.3 is 5.97 Å². The Morgan fingerprint density at radius 3 is 1.10 bits per heavy atom. The number of carbonyl (C=O) groups is 11. The second kappa shape index (κ2) is 50.7. The summed E-state index contributed by atoms with van der Waals surface area (Å²) in [6, 6.07) is -11.4. The summed E-state index contributed by atoms with van der Waals surface area (Å²) in [5, 5.41) is 43.0. The lowest BCUT2D eigenvalue weighted by Crippen LogP contribution is -2.59. The zero-order valence-electron chi connectivity index (χ0n) is 57.5. The number of aliphatic carboxylic acids is 1. The number of nitrogens with one attached hydrogen (secondary N) is 9. The van der Waals surface area contributed by atoms with Crippen LogP contribution in [0.3, 0.4) is 0 Å². The minimum atomic E-state index is -1.45. The van der Waals surface area contributed by atoms with Crippen LogP contribution in [0.15, 0.2) is 25.0 Å². The van der Waals surface area contributed by atoms with E-state index in [-0.39, 0.29) is 172 Å². The van der Waals surface area contributed by atoms with Gasteiger partial charge in [-0.1, -0.05) is 6.42 Å². The fourth-order valence-electron chi connectivity index (χ4n) is 10.2. The minimum absolute atomic E-state index is 0.00192. The molecule has 1 aliphatic rings. The lowest BCUT2D eigenvalue weighted by molar-refractivity contribution is -0.141. The van der Waals surface area contributed by atoms with Crippen molar-refractivity contribution in [1.29, 1.82) is 0 Å². The molecule has 0 radical (unpaired) electrons. The molecule has 0 spiro atoms. The number of hydrogen-bond acceptors (Lipinski definition) is 20. The van der Waals surface area contributed by atoms with Crippen molar-refractivity contribution in [1.82, 2.24) is 52.8 Å². The molecule has 1 rings (SSSR count). The number of likely N-dealkylation sites (tertiary alicyclic amines) is 1. The van der Waals surface area contributed by atoms with E-state index in [1.54, 1.807) is 0 Å². The highest BCUT2D eigenvalue weighted by molar-refractivity contribution is 5.98. The van der Waals surface area contributed by atoms with Crippen LogP contribution in [0, 0.1) is 0 Å². The predicted molar refractivity (Wildman–Crippen MR) is 375 cm³/mol. The molecule has 1 aliphatic heterocycles. The number of rotatable bonds is 53. The fraction of sp³-hybridized carbons (Fsp3) is 0.729. The molecule has 10 atom stereocenters. The second-order valence-corrected chi connectivity index (χ2v) is 24.0. The number of unbranched alkanes of at least 4 members (excludes halogenated alkanes) is 4. The Morgan fingerprint density at radius 2 is 0.760 bits per heavy atom. The average Bonchev–Trinajstić information content (AvgIpc) is 1.64. The third-order valence-electron chi connectivity index (χ3n) is 15.5. The average molecular weight is 1420 g/mol. The van der Waals surface area contributed by atoms with Crippen molar-refractivity contribution in [2.24, 2.45) is 99.5 Å². The lowest BCUT2D eigenvalue weighted by atomic mass is 10.0. The number of aliphatic hydroxyl groups excluding tert-OH is 1. The Balaban J connectivity index is 3.51. The summed E-state index contributed by atoms with van der Waals surface area (Å²) in [4.78, 5) is 171. The predicted octanol–water partition coefficient (Wildman–Crippen LogP) is -9.52. The molecule has 10 amide bonds. The van der Waals surface area contributed by atoms with Gasteiger partial charge in [-0.2, -0.15) is 0 Å². The first-order valence-electron chi connectivity index (χ1n) is 33.7. The molecule has 1 heterocycles. The van der Waals surface area contributed by atoms with Gasteiger partial charge in [0.15, 0.2) is 29.8 Å². The zero-order valence-corrected chi connectivity index (χ0v) is 57.5. The molecule has 1 saturated heterocycles. The number of carbonyl (C=O) groups excluding carboxylic acids is 10. The van der Waals surface area contributed by atoms with Crippen molar-refractivity contribution in [3.63, 3.8) is 0 Å². The van der Waals surface area contributed by atoms with Gasteiger partial charge in [0.1, 0.15) is 60.9 Å². The Kier molecular flexibility index (Phi) is 44.8. The molecule has 0 saturated carbocycles. The van der Waals surface area contributed by atoms with Crippen LogP contribution in [-0.2, 0) is 52.7 Å². The third-order valence-corrected chi connectivity index (χ3v) is 15.5. The van der Waals surface area contributed by atoms with E-state index in [0.717, 1.165) is 0 Å². The number of nitrogens with zero attached hydrogens (tertiary/aromatic N) is 6. The number of guanidine groups is 5. The van der Waals surface area contributed by atoms with E-state index in [4.69, 9.17) is 74.5 Å². The molecule has 100 heavy (non-hydrogen) atoms. The SMILES string of the molecule is C[C@@H](O)[C@H](N)C(=O)N1CCC[C@H]1C(=O)N[C@@H](CCCN=C(N)N)C(=O)NCCCCCC(=O)N[C@@H](CCCN=C(N)N)C(=O)N[C@@H](CCCN=C(N)N)C(=O)N[C@@H](CCCN=C(N)N)C(=O)N[C@@H](CCCCN)C(=O)N[C@@H](CCCCN)C(=O)N[C@@H](CCCN=C(N)N)C(=O)NCC(=O)O. The molecular formula is C59H114N28O13. The number of aliphatic imine (C=N–C) groups is 5. The summed E-state index contributed by atoms with van der Waals surface area (Å²) in [5.74, 6) is -9.78. The van der Waals surface area contributed by atoms with Gasteiger partial charge in [-0.3, -0.25) is 77.7 Å². The van der Waals surface area contributed by atoms with Gasteiger partial charge in [-0.25, -0.2) is 0 Å². The van der Waals surface area contributed by atoms with E-state index >= 15 is 0 Å². The maximum atomic E-state index is 14.6. The Bertz CT molecular complexity index is 2740. The van der Waals surface area contributed by atoms with Crippen molar-refractivity contribution < 1.29 is 63.0 Å². The third kappa shape index (κ3) is 39.1. The van der Waals surface area contributed by atoms with Gasteiger partial charge in [-0.05, 0) is 148 Å². The molecule has 0 unspecified atom stereocenters. The summed E-state index contributed by atoms with van der Waals surface area (Å²) in [5.41, 5.74) is 72.8. The molecule has 0 aromatic heterocycles. The Hall–Kier alpha value is -9.64. The van der Waals surface area contributed by atoms with E-state index in [9.17, 15) is 63.0 Å². The monoisotopic (exact) mass is 1420 g/mol. The van der Waals surface area contributed by atoms with E-state index in [1.807, 2.05) is 0 Å². The molecule has 41 nitrogen and oxygen atoms in total. The van der Waals surface area contributed by atoms with Crippen molar-refractivity contribution in [3.8, 4) is 0 Å². The van der Waals surface area contributed by atoms with Crippen molar-refractivity contribution >= 4 is 94.8 Å². The van der Waals surface area contributed by atoms with Gasteiger partial charge in [0.2, 0.25) is 59.1 Å². The zero-order chi connectivity index (χ0) is 75.1. The van der Waals surface area contributed by atoms with E-state index in [1.165, 1.54) is 11.8 Å². The standard InChI is InChI=1S/C59H114N28O13/c1-34(88)45(62)54(100)87-32-14-22-42(87)53(99)86-35(17-9-27-74-55(63)64)46(92)73-26-8-2-3-23-43(89)80-37(19-11-29-76-57(67)68)48(94)84-40(20-12-30-77-58(69)70)52(98)85-41(21-13-31-78-59(71)72)51(97)83-39(16-5-7-25-61)50(96)82-38(15-4-6-24-60)49(95)81-36(18-10-28-75-56(65)66)47(93)79-33-44(90)91/h34-42,45,88H,2-33,60-62H2,1H3,(H,73,92)(H,79,93)(H,80,89)(H,81,95)(H,82,96)(H,83,97)(H,84,94)(H,85,98)(H,86,99)(H,90,91)(H4,63,64,74)(H4,65,66,75)(H4,67,68,76)(H4,69,70,77)(H4,71,72,78)/t34-,35+,36+,37+,38+,39+,40+,41+,42+,45+/m1/s1. The summed E-state index contributed by atoms with van der Waals surface area (Å²) in [6.45, 7) is 1.68. The van der Waals surface area contributed by atoms with Crippen LogP contribution in [0.2, 0.25) is 0 Å². The summed E-state index contributed by atoms with van der Waals surface area (Å²) in [7, 11) is 0. The van der Waals surface area contributed by atoms with Crippen molar-refractivity contribution in [2.75, 3.05) is 65.4 Å². The Labute approximate surface area is 582 Å². The molecule has 0 aromatic rings. The van der Waals surface area contributed by atoms with Crippen LogP contribution < -0.4 is 122 Å². The quantitative estimate of drug-likeness (QED) is 0.0153. The largest absolute Gasteiger partial charge is 0.480 e. The highest BCUT2D eigenvalue weighted by Crippen LogP contribution is 2.20. The van der Waals surface area contributed by atoms with Crippen molar-refractivity contribution in [3.05, 3.63) is 0 Å². The highest BCUT2D eigenvalue weighted by atomic mass is 16.4. The molecule has 41 heteroatoms. The van der Waals surface area contributed by atoms with E-state index in [0.29, 0.717) is 57.8 Å². The lowest BCUT2D eigenvalue weighted by Gasteiger charge is -2.29. The fourth-order valence-corrected chi connectivity index (χ4v) is 10.2. The first kappa shape index (κ1) is 88.4. The molecule has 1 fully saturated rings. The Morgan fingerprint density at radius 1 is 0.430 bits per heavy atom. The highest BCUT2D eigenvalue weighted by Gasteiger charge is 2.39. The number of hydrogen-bond donors (Lipinski definition) is 24. The molecule has 568 valence electrons. The van der Waals surface area contributed by atoms with Gasteiger partial charge in [0, 0.05) is 52.2 Å². The first-order valence-corrected chi connectivity index (χ1v) is 33.7. The van der Waals surface area contributed by atoms with Crippen molar-refractivity contribution in [2.45, 2.75) is 209 Å². The van der Waals surface area contributed by atoms with Gasteiger partial charge in [-0.15, -0.1) is 0 Å². The van der Waals surface area contributed by atoms with Crippen LogP contribution in [0.5, 0.6) is 0 Å². The summed E-state index contributed by atoms with van der Waals surface area (Å²) < 4.78 is 0. The van der Waals surface area contributed by atoms with E-state index < -0.39 is 132 Å². The van der Waals surface area contributed by atoms with Crippen LogP contribution in [0.4, 0.5) is 0 Å². The number of nitrogens with two attached hydrogens (primary N) is 13.